The quantitative estimate of drug-likeness (QED) is 0.0608. The maximum atomic E-state index is 14.4. The van der Waals surface area contributed by atoms with Gasteiger partial charge in [-0.1, -0.05) is 62.1 Å². The maximum absolute atomic E-state index is 14.4. The molecule has 3 aliphatic rings. The number of hydrogen-bond donors (Lipinski definition) is 1. The van der Waals surface area contributed by atoms with Crippen molar-refractivity contribution in [1.29, 1.82) is 0 Å². The van der Waals surface area contributed by atoms with Gasteiger partial charge in [-0.2, -0.15) is 18.3 Å². The van der Waals surface area contributed by atoms with E-state index in [1.807, 2.05) is 42.3 Å². The molecule has 1 amide bonds. The molecule has 3 aromatic rings. The highest BCUT2D eigenvalue weighted by molar-refractivity contribution is 6.10. The third-order valence-corrected chi connectivity index (χ3v) is 10.5. The van der Waals surface area contributed by atoms with Gasteiger partial charge in [-0.05, 0) is 103 Å². The lowest BCUT2D eigenvalue weighted by atomic mass is 9.91. The Labute approximate surface area is 324 Å². The minimum Gasteiger partial charge on any atom is -0.377 e. The van der Waals surface area contributed by atoms with Crippen LogP contribution < -0.4 is 10.6 Å². The van der Waals surface area contributed by atoms with Gasteiger partial charge in [0, 0.05) is 51.3 Å². The average molecular weight is 763 g/mol. The smallest absolute Gasteiger partial charge is 0.377 e. The van der Waals surface area contributed by atoms with Crippen molar-refractivity contribution in [2.45, 2.75) is 90.3 Å². The molecule has 2 heterocycles. The van der Waals surface area contributed by atoms with E-state index in [9.17, 15) is 18.0 Å². The molecule has 1 aliphatic carbocycles. The number of hydrogen-bond acceptors (Lipinski definition) is 7. The molecule has 2 N–H and O–H groups in total. The van der Waals surface area contributed by atoms with E-state index in [4.69, 9.17) is 15.2 Å². The van der Waals surface area contributed by atoms with Crippen LogP contribution in [-0.4, -0.2) is 75.2 Å². The van der Waals surface area contributed by atoms with E-state index in [1.165, 1.54) is 36.6 Å². The molecule has 12 heteroatoms. The second-order valence-electron chi connectivity index (χ2n) is 14.8. The van der Waals surface area contributed by atoms with Crippen LogP contribution in [0.15, 0.2) is 70.9 Å². The van der Waals surface area contributed by atoms with Gasteiger partial charge >= 0.3 is 6.18 Å². The van der Waals surface area contributed by atoms with Crippen LogP contribution in [0.25, 0.3) is 0 Å². The van der Waals surface area contributed by atoms with E-state index in [2.05, 4.69) is 34.0 Å². The molecule has 2 fully saturated rings. The Bertz CT molecular complexity index is 1680. The first-order valence-electron chi connectivity index (χ1n) is 19.6. The molecular formula is C43H57F3N6O3. The number of anilines is 1. The van der Waals surface area contributed by atoms with Gasteiger partial charge < -0.3 is 25.0 Å². The highest BCUT2D eigenvalue weighted by atomic mass is 19.4. The second-order valence-corrected chi connectivity index (χ2v) is 14.8. The van der Waals surface area contributed by atoms with Crippen LogP contribution in [0.2, 0.25) is 0 Å². The van der Waals surface area contributed by atoms with Crippen LogP contribution in [0.3, 0.4) is 0 Å². The number of amides is 1. The summed E-state index contributed by atoms with van der Waals surface area (Å²) >= 11 is 0. The van der Waals surface area contributed by atoms with Crippen LogP contribution in [0.5, 0.6) is 0 Å². The zero-order valence-electron chi connectivity index (χ0n) is 32.2. The van der Waals surface area contributed by atoms with Gasteiger partial charge in [-0.15, -0.1) is 5.10 Å². The van der Waals surface area contributed by atoms with E-state index in [1.54, 1.807) is 18.5 Å². The lowest BCUT2D eigenvalue weighted by Gasteiger charge is -2.32. The minimum atomic E-state index is -4.57. The first-order chi connectivity index (χ1) is 26.6. The number of halogens is 3. The topological polar surface area (TPSA) is 96.0 Å². The van der Waals surface area contributed by atoms with Crippen molar-refractivity contribution in [2.24, 2.45) is 21.9 Å². The molecule has 6 rings (SSSR count). The molecule has 0 aromatic heterocycles. The Morgan fingerprint density at radius 1 is 0.927 bits per heavy atom. The van der Waals surface area contributed by atoms with Gasteiger partial charge in [0.05, 0.1) is 31.9 Å². The zero-order chi connectivity index (χ0) is 39.0. The van der Waals surface area contributed by atoms with Crippen molar-refractivity contribution in [3.8, 4) is 0 Å². The molecule has 1 saturated carbocycles. The van der Waals surface area contributed by atoms with E-state index in [-0.39, 0.29) is 17.7 Å². The van der Waals surface area contributed by atoms with Crippen LogP contribution >= 0.6 is 0 Å². The summed E-state index contributed by atoms with van der Waals surface area (Å²) < 4.78 is 54.5. The molecule has 298 valence electrons. The SMILES string of the molecule is C1CCC1.C=N/N=C\N(C)CCc1cccc(N2Cc3c(cc(CN4CCC(CCCOCc5ccc(COCCN)cc5)CC4)cc3C(F)(F)F)C2=O)c1. The Balaban J connectivity index is 0.00000136. The number of likely N-dealkylation sites (tertiary alicyclic amines) is 1. The predicted molar refractivity (Wildman–Crippen MR) is 213 cm³/mol. The molecule has 0 spiro atoms. The summed E-state index contributed by atoms with van der Waals surface area (Å²) in [5.74, 6) is 0.161. The third-order valence-electron chi connectivity index (χ3n) is 10.5. The van der Waals surface area contributed by atoms with Crippen molar-refractivity contribution in [3.05, 3.63) is 99.6 Å². The van der Waals surface area contributed by atoms with Crippen molar-refractivity contribution in [2.75, 3.05) is 51.3 Å². The molecule has 3 aromatic carbocycles. The summed E-state index contributed by atoms with van der Waals surface area (Å²) in [4.78, 5) is 19.1. The fraction of sp³-hybridized carbons (Fsp3) is 0.512. The molecule has 0 unspecified atom stereocenters. The standard InChI is InChI=1S/C39H49F3N6O3.C4H8/c1-44-45-28-46(2)16-12-30-5-3-7-34(21-30)48-25-36-35(38(48)49)22-33(23-37(36)39(40,41)42)24-47-17-13-29(14-18-47)6-4-19-50-26-31-8-10-32(11-9-31)27-51-20-15-43;1-2-4-3-1/h3,5,7-11,21-23,28-29H,1,4,6,12-20,24-27,43H2,2H3;1-4H2/b45-28-;. The Morgan fingerprint density at radius 3 is 2.22 bits per heavy atom. The van der Waals surface area contributed by atoms with Crippen molar-refractivity contribution < 1.29 is 27.4 Å². The highest BCUT2D eigenvalue weighted by Crippen LogP contribution is 2.40. The number of likely N-dealkylation sites (N-methyl/N-ethyl adjacent to an activating group) is 1. The third kappa shape index (κ3) is 13.0. The van der Waals surface area contributed by atoms with Crippen LogP contribution in [-0.2, 0) is 48.4 Å². The van der Waals surface area contributed by atoms with E-state index < -0.39 is 17.6 Å². The van der Waals surface area contributed by atoms with Crippen molar-refractivity contribution >= 4 is 24.7 Å². The van der Waals surface area contributed by atoms with Gasteiger partial charge in [-0.25, -0.2) is 0 Å². The number of rotatable bonds is 18. The van der Waals surface area contributed by atoms with Crippen molar-refractivity contribution in [3.63, 3.8) is 0 Å². The lowest BCUT2D eigenvalue weighted by molar-refractivity contribution is -0.138. The maximum Gasteiger partial charge on any atom is 0.416 e. The van der Waals surface area contributed by atoms with E-state index >= 15 is 0 Å². The summed E-state index contributed by atoms with van der Waals surface area (Å²) in [5.41, 5.74) is 9.22. The normalized spacial score (nSPS) is 16.2. The summed E-state index contributed by atoms with van der Waals surface area (Å²) in [6.07, 6.45) is 7.67. The van der Waals surface area contributed by atoms with E-state index in [0.29, 0.717) is 69.7 Å². The number of carbonyl (C=O) groups is 1. The molecular weight excluding hydrogens is 706 g/mol. The second kappa shape index (κ2) is 21.3. The minimum absolute atomic E-state index is 0.0420. The first kappa shape index (κ1) is 42.1. The van der Waals surface area contributed by atoms with Gasteiger partial charge in [-0.3, -0.25) is 9.69 Å². The number of ether oxygens (including phenoxy) is 2. The molecule has 0 bridgehead atoms. The molecule has 0 radical (unpaired) electrons. The number of alkyl halides is 3. The molecule has 55 heavy (non-hydrogen) atoms. The van der Waals surface area contributed by atoms with Crippen LogP contribution in [0.4, 0.5) is 18.9 Å². The Hall–Kier alpha value is -4.10. The molecule has 0 atom stereocenters. The number of benzene rings is 3. The fourth-order valence-corrected chi connectivity index (χ4v) is 7.00. The predicted octanol–water partition coefficient (Wildman–Crippen LogP) is 8.23. The van der Waals surface area contributed by atoms with Gasteiger partial charge in [0.2, 0.25) is 0 Å². The number of nitrogens with zero attached hydrogens (tertiary/aromatic N) is 5. The Kier molecular flexibility index (Phi) is 16.3. The summed E-state index contributed by atoms with van der Waals surface area (Å²) in [5, 5.41) is 7.23. The Morgan fingerprint density at radius 2 is 1.60 bits per heavy atom. The fourth-order valence-electron chi connectivity index (χ4n) is 7.00. The molecule has 9 nitrogen and oxygen atoms in total. The van der Waals surface area contributed by atoms with Gasteiger partial charge in [0.15, 0.2) is 0 Å². The molecule has 2 aliphatic heterocycles. The monoisotopic (exact) mass is 762 g/mol. The highest BCUT2D eigenvalue weighted by Gasteiger charge is 2.40. The number of piperidine rings is 1. The molecule has 1 saturated heterocycles. The average Bonchev–Trinajstić information content (AvgIpc) is 3.48. The van der Waals surface area contributed by atoms with Crippen molar-refractivity contribution in [1.82, 2.24) is 9.80 Å². The lowest BCUT2D eigenvalue weighted by Crippen LogP contribution is -2.33. The van der Waals surface area contributed by atoms with Gasteiger partial charge in [0.25, 0.3) is 5.91 Å². The number of nitrogens with two attached hydrogens (primary N) is 1. The largest absolute Gasteiger partial charge is 0.416 e. The number of carbonyl (C=O) groups excluding carboxylic acids is 1. The number of fused-ring (bicyclic) bond motifs is 1. The summed E-state index contributed by atoms with van der Waals surface area (Å²) in [6, 6.07) is 18.5. The summed E-state index contributed by atoms with van der Waals surface area (Å²) in [6.45, 7) is 8.73. The van der Waals surface area contributed by atoms with Crippen LogP contribution in [0, 0.1) is 5.92 Å². The zero-order valence-corrected chi connectivity index (χ0v) is 32.2. The van der Waals surface area contributed by atoms with E-state index in [0.717, 1.165) is 55.5 Å². The van der Waals surface area contributed by atoms with Crippen LogP contribution in [0.1, 0.15) is 95.1 Å². The van der Waals surface area contributed by atoms with Gasteiger partial charge in [0.1, 0.15) is 6.34 Å². The first-order valence-corrected chi connectivity index (χ1v) is 19.6. The summed E-state index contributed by atoms with van der Waals surface area (Å²) in [7, 11) is 1.86.